The topological polar surface area (TPSA) is 146 Å². The summed E-state index contributed by atoms with van der Waals surface area (Å²) in [5, 5.41) is 8.40. The Balaban J connectivity index is 1.33. The maximum Gasteiger partial charge on any atom is 0.263 e. The second kappa shape index (κ2) is 11.3. The highest BCUT2D eigenvalue weighted by molar-refractivity contribution is 7.92. The van der Waals surface area contributed by atoms with Crippen molar-refractivity contribution in [3.63, 3.8) is 0 Å². The van der Waals surface area contributed by atoms with E-state index in [9.17, 15) is 18.0 Å². The summed E-state index contributed by atoms with van der Waals surface area (Å²) in [4.78, 5) is 38.2. The molecule has 5 rings (SSSR count). The maximum absolute atomic E-state index is 13.4. The Morgan fingerprint density at radius 3 is 2.50 bits per heavy atom. The molecule has 3 heterocycles. The van der Waals surface area contributed by atoms with E-state index in [1.807, 2.05) is 30.5 Å². The van der Waals surface area contributed by atoms with E-state index in [1.54, 1.807) is 31.4 Å². The highest BCUT2D eigenvalue weighted by atomic mass is 32.2. The number of sulfonamides is 1. The van der Waals surface area contributed by atoms with Crippen LogP contribution in [0.3, 0.4) is 0 Å². The molecule has 0 unspecified atom stereocenters. The molecule has 2 aromatic carbocycles. The summed E-state index contributed by atoms with van der Waals surface area (Å²) in [5.74, 6) is -0.165. The third-order valence-corrected chi connectivity index (χ3v) is 8.34. The third kappa shape index (κ3) is 6.19. The zero-order valence-electron chi connectivity index (χ0n) is 21.6. The highest BCUT2D eigenvalue weighted by Crippen LogP contribution is 2.21. The number of carbonyl (C=O) groups excluding carboxylic acids is 2. The van der Waals surface area contributed by atoms with Crippen LogP contribution in [0.2, 0.25) is 0 Å². The van der Waals surface area contributed by atoms with Crippen LogP contribution < -0.4 is 15.4 Å². The molecular formula is C28H26N6O4S2. The van der Waals surface area contributed by atoms with E-state index >= 15 is 0 Å². The van der Waals surface area contributed by atoms with Gasteiger partial charge in [0.15, 0.2) is 0 Å². The van der Waals surface area contributed by atoms with Gasteiger partial charge in [-0.15, -0.1) is 11.3 Å². The number of carbonyl (C=O) groups is 2. The molecule has 40 heavy (non-hydrogen) atoms. The van der Waals surface area contributed by atoms with Crippen LogP contribution in [0.4, 0.5) is 11.5 Å². The predicted octanol–water partition coefficient (Wildman–Crippen LogP) is 4.42. The Morgan fingerprint density at radius 2 is 1.77 bits per heavy atom. The smallest absolute Gasteiger partial charge is 0.263 e. The summed E-state index contributed by atoms with van der Waals surface area (Å²) in [6, 6.07) is 17.6. The Hall–Kier alpha value is -4.55. The number of para-hydroxylation sites is 1. The predicted molar refractivity (Wildman–Crippen MR) is 155 cm³/mol. The number of benzene rings is 2. The van der Waals surface area contributed by atoms with E-state index < -0.39 is 22.0 Å². The zero-order chi connectivity index (χ0) is 28.3. The van der Waals surface area contributed by atoms with E-state index in [1.165, 1.54) is 41.7 Å². The number of hydrogen-bond acceptors (Lipinski definition) is 7. The molecular weight excluding hydrogens is 548 g/mol. The largest absolute Gasteiger partial charge is 0.361 e. The quantitative estimate of drug-likeness (QED) is 0.205. The van der Waals surface area contributed by atoms with E-state index in [2.05, 4.69) is 30.3 Å². The average Bonchev–Trinajstić information content (AvgIpc) is 3.59. The Kier molecular flexibility index (Phi) is 7.63. The number of nitrogens with zero attached hydrogens (tertiary/aromatic N) is 2. The lowest BCUT2D eigenvalue weighted by Gasteiger charge is -2.18. The number of anilines is 2. The van der Waals surface area contributed by atoms with Crippen molar-refractivity contribution in [2.45, 2.75) is 31.2 Å². The fourth-order valence-electron chi connectivity index (χ4n) is 4.28. The second-order valence-corrected chi connectivity index (χ2v) is 11.8. The van der Waals surface area contributed by atoms with Crippen LogP contribution in [-0.4, -0.2) is 41.2 Å². The van der Waals surface area contributed by atoms with Gasteiger partial charge >= 0.3 is 0 Å². The van der Waals surface area contributed by atoms with Gasteiger partial charge in [-0.05, 0) is 61.2 Å². The van der Waals surface area contributed by atoms with Crippen LogP contribution in [0.1, 0.15) is 26.8 Å². The van der Waals surface area contributed by atoms with Gasteiger partial charge in [-0.25, -0.2) is 18.4 Å². The molecule has 3 aromatic heterocycles. The number of thiophene rings is 1. The Bertz CT molecular complexity index is 1760. The van der Waals surface area contributed by atoms with Gasteiger partial charge in [0.1, 0.15) is 17.7 Å². The number of aryl methyl sites for hydroxylation is 2. The first kappa shape index (κ1) is 27.0. The van der Waals surface area contributed by atoms with E-state index in [-0.39, 0.29) is 23.0 Å². The van der Waals surface area contributed by atoms with Crippen molar-refractivity contribution in [2.75, 3.05) is 10.0 Å². The molecule has 4 N–H and O–H groups in total. The molecule has 0 radical (unpaired) electrons. The maximum atomic E-state index is 13.4. The van der Waals surface area contributed by atoms with Gasteiger partial charge in [0.2, 0.25) is 5.91 Å². The van der Waals surface area contributed by atoms with Gasteiger partial charge < -0.3 is 15.6 Å². The molecule has 0 aliphatic carbocycles. The van der Waals surface area contributed by atoms with Gasteiger partial charge in [-0.2, -0.15) is 0 Å². The number of amides is 2. The monoisotopic (exact) mass is 574 g/mol. The van der Waals surface area contributed by atoms with Crippen LogP contribution in [0.15, 0.2) is 83.2 Å². The molecule has 0 saturated carbocycles. The number of hydrogen-bond donors (Lipinski definition) is 4. The second-order valence-electron chi connectivity index (χ2n) is 9.13. The summed E-state index contributed by atoms with van der Waals surface area (Å²) in [7, 11) is -3.92. The average molecular weight is 575 g/mol. The van der Waals surface area contributed by atoms with Crippen molar-refractivity contribution >= 4 is 55.6 Å². The minimum absolute atomic E-state index is 0.000702. The van der Waals surface area contributed by atoms with Gasteiger partial charge in [0.05, 0.1) is 9.77 Å². The van der Waals surface area contributed by atoms with Gasteiger partial charge in [0, 0.05) is 41.0 Å². The highest BCUT2D eigenvalue weighted by Gasteiger charge is 2.24. The van der Waals surface area contributed by atoms with E-state index in [0.717, 1.165) is 16.5 Å². The molecule has 204 valence electrons. The molecule has 0 bridgehead atoms. The van der Waals surface area contributed by atoms with Crippen molar-refractivity contribution in [2.24, 2.45) is 0 Å². The lowest BCUT2D eigenvalue weighted by atomic mass is 10.0. The van der Waals surface area contributed by atoms with Crippen molar-refractivity contribution in [1.82, 2.24) is 20.3 Å². The zero-order valence-corrected chi connectivity index (χ0v) is 23.3. The Labute approximate surface area is 234 Å². The molecule has 10 nitrogen and oxygen atoms in total. The van der Waals surface area contributed by atoms with Crippen molar-refractivity contribution in [3.8, 4) is 0 Å². The van der Waals surface area contributed by atoms with Crippen LogP contribution in [0, 0.1) is 13.8 Å². The number of rotatable bonds is 9. The standard InChI is InChI=1S/C28H26N6O4S2/c1-17-14-26(31-18(2)30-17)34-40(37,38)21-11-9-20(10-12-21)32-27(35)24(33-28(36)25-8-5-13-39-25)15-19-16-29-23-7-4-3-6-22(19)23/h3-14,16,24,29H,15H2,1-2H3,(H,32,35)(H,33,36)(H,30,31,34)/t24-/m1/s1. The molecule has 0 fully saturated rings. The molecule has 2 amide bonds. The lowest BCUT2D eigenvalue weighted by Crippen LogP contribution is -2.45. The first-order valence-corrected chi connectivity index (χ1v) is 14.7. The summed E-state index contributed by atoms with van der Waals surface area (Å²) < 4.78 is 28.2. The lowest BCUT2D eigenvalue weighted by molar-refractivity contribution is -0.118. The third-order valence-electron chi connectivity index (χ3n) is 6.10. The molecule has 1 atom stereocenters. The number of aromatic nitrogens is 3. The normalized spacial score (nSPS) is 12.2. The first-order valence-electron chi connectivity index (χ1n) is 12.3. The molecule has 0 spiro atoms. The Morgan fingerprint density at radius 1 is 1.00 bits per heavy atom. The fraction of sp³-hybridized carbons (Fsp3) is 0.143. The first-order chi connectivity index (χ1) is 19.2. The van der Waals surface area contributed by atoms with Gasteiger partial charge in [0.25, 0.3) is 15.9 Å². The summed E-state index contributed by atoms with van der Waals surface area (Å²) >= 11 is 1.28. The van der Waals surface area contributed by atoms with Crippen LogP contribution >= 0.6 is 11.3 Å². The minimum Gasteiger partial charge on any atom is -0.361 e. The summed E-state index contributed by atoms with van der Waals surface area (Å²) in [6.07, 6.45) is 2.08. The van der Waals surface area contributed by atoms with Crippen LogP contribution in [0.25, 0.3) is 10.9 Å². The number of aromatic amines is 1. The van der Waals surface area contributed by atoms with Crippen molar-refractivity contribution in [3.05, 3.63) is 100 Å². The number of fused-ring (bicyclic) bond motifs is 1. The molecule has 0 saturated heterocycles. The SMILES string of the molecule is Cc1cc(NS(=O)(=O)c2ccc(NC(=O)[C@@H](Cc3c[nH]c4ccccc34)NC(=O)c3cccs3)cc2)nc(C)n1. The number of nitrogens with one attached hydrogen (secondary N) is 4. The van der Waals surface area contributed by atoms with Crippen LogP contribution in [-0.2, 0) is 21.2 Å². The van der Waals surface area contributed by atoms with E-state index in [0.29, 0.717) is 22.1 Å². The molecule has 0 aliphatic heterocycles. The minimum atomic E-state index is -3.92. The molecule has 5 aromatic rings. The molecule has 12 heteroatoms. The van der Waals surface area contributed by atoms with Crippen LogP contribution in [0.5, 0.6) is 0 Å². The number of H-pyrrole nitrogens is 1. The van der Waals surface area contributed by atoms with Gasteiger partial charge in [-0.1, -0.05) is 24.3 Å². The van der Waals surface area contributed by atoms with Crippen molar-refractivity contribution in [1.29, 1.82) is 0 Å². The fourth-order valence-corrected chi connectivity index (χ4v) is 5.90. The summed E-state index contributed by atoms with van der Waals surface area (Å²) in [5.41, 5.74) is 2.83. The van der Waals surface area contributed by atoms with E-state index in [4.69, 9.17) is 0 Å². The van der Waals surface area contributed by atoms with Crippen molar-refractivity contribution < 1.29 is 18.0 Å². The molecule has 0 aliphatic rings. The summed E-state index contributed by atoms with van der Waals surface area (Å²) in [6.45, 7) is 3.43. The van der Waals surface area contributed by atoms with Gasteiger partial charge in [-0.3, -0.25) is 14.3 Å².